The minimum absolute atomic E-state index is 0.208. The van der Waals surface area contributed by atoms with E-state index in [2.05, 4.69) is 29.9 Å². The zero-order valence-corrected chi connectivity index (χ0v) is 9.65. The van der Waals surface area contributed by atoms with E-state index in [9.17, 15) is 0 Å². The number of nitrogens with zero attached hydrogens (tertiary/aromatic N) is 4. The van der Waals surface area contributed by atoms with Gasteiger partial charge in [-0.25, -0.2) is 9.97 Å². The summed E-state index contributed by atoms with van der Waals surface area (Å²) in [6.07, 6.45) is 5.01. The van der Waals surface area contributed by atoms with Crippen LogP contribution in [0.25, 0.3) is 0 Å². The molecule has 0 aliphatic carbocycles. The Morgan fingerprint density at radius 2 is 2.18 bits per heavy atom. The predicted octanol–water partition coefficient (Wildman–Crippen LogP) is 0.148. The predicted molar refractivity (Wildman–Crippen MR) is 64.4 cm³/mol. The third-order valence-electron chi connectivity index (χ3n) is 1.98. The highest BCUT2D eigenvalue weighted by atomic mass is 32.1. The number of hydrogen-bond donors (Lipinski definition) is 2. The van der Waals surface area contributed by atoms with Gasteiger partial charge in [-0.3, -0.25) is 0 Å². The third kappa shape index (κ3) is 2.94. The lowest BCUT2D eigenvalue weighted by Crippen LogP contribution is -2.17. The number of aromatic nitrogens is 4. The Hall–Kier alpha value is -2.09. The van der Waals surface area contributed by atoms with E-state index in [4.69, 9.17) is 18.0 Å². The normalized spacial score (nSPS) is 10.1. The van der Waals surface area contributed by atoms with E-state index in [0.29, 0.717) is 30.3 Å². The molecule has 0 amide bonds. The maximum atomic E-state index is 5.53. The first kappa shape index (κ1) is 11.4. The molecule has 0 aliphatic heterocycles. The van der Waals surface area contributed by atoms with Crippen LogP contribution in [0.3, 0.4) is 0 Å². The first-order valence-electron chi connectivity index (χ1n) is 4.87. The Balaban J connectivity index is 1.97. The van der Waals surface area contributed by atoms with Gasteiger partial charge in [-0.05, 0) is 0 Å². The van der Waals surface area contributed by atoms with Crippen LogP contribution >= 0.6 is 12.2 Å². The standard InChI is InChI=1S/C9H10N6OS/c10-8(17)7-9(13-4-3-11-7)12-2-1-6-14-5-16-15-6/h3-5H,1-2H2,(H2,10,17)(H,12,13). The summed E-state index contributed by atoms with van der Waals surface area (Å²) >= 11 is 4.88. The topological polar surface area (TPSA) is 103 Å². The molecule has 0 atom stereocenters. The van der Waals surface area contributed by atoms with Gasteiger partial charge in [0.15, 0.2) is 11.6 Å². The molecule has 0 saturated heterocycles. The van der Waals surface area contributed by atoms with Gasteiger partial charge < -0.3 is 15.6 Å². The van der Waals surface area contributed by atoms with Crippen molar-refractivity contribution in [3.05, 3.63) is 30.3 Å². The molecule has 2 rings (SSSR count). The molecule has 17 heavy (non-hydrogen) atoms. The molecule has 8 heteroatoms. The zero-order valence-electron chi connectivity index (χ0n) is 8.83. The lowest BCUT2D eigenvalue weighted by atomic mass is 10.3. The zero-order chi connectivity index (χ0) is 12.1. The average molecular weight is 250 g/mol. The van der Waals surface area contributed by atoms with Crippen LogP contribution in [0.15, 0.2) is 23.3 Å². The van der Waals surface area contributed by atoms with Crippen molar-refractivity contribution in [1.29, 1.82) is 0 Å². The van der Waals surface area contributed by atoms with Gasteiger partial charge in [0.05, 0.1) is 0 Å². The van der Waals surface area contributed by atoms with Crippen LogP contribution in [-0.2, 0) is 6.42 Å². The molecular formula is C9H10N6OS. The molecule has 3 N–H and O–H groups in total. The van der Waals surface area contributed by atoms with Gasteiger partial charge in [0.25, 0.3) is 0 Å². The van der Waals surface area contributed by atoms with Crippen LogP contribution < -0.4 is 11.1 Å². The van der Waals surface area contributed by atoms with Gasteiger partial charge in [-0.2, -0.15) is 4.98 Å². The number of rotatable bonds is 5. The van der Waals surface area contributed by atoms with Crippen molar-refractivity contribution in [2.24, 2.45) is 5.73 Å². The molecule has 2 heterocycles. The minimum Gasteiger partial charge on any atom is -0.388 e. The molecule has 0 bridgehead atoms. The molecule has 0 fully saturated rings. The van der Waals surface area contributed by atoms with Crippen LogP contribution in [0.2, 0.25) is 0 Å². The number of thiocarbonyl (C=S) groups is 1. The quantitative estimate of drug-likeness (QED) is 0.723. The molecule has 88 valence electrons. The van der Waals surface area contributed by atoms with Gasteiger partial charge in [0.2, 0.25) is 6.39 Å². The summed E-state index contributed by atoms with van der Waals surface area (Å²) < 4.78 is 4.62. The first-order chi connectivity index (χ1) is 8.27. The van der Waals surface area contributed by atoms with Crippen LogP contribution in [0.4, 0.5) is 5.82 Å². The summed E-state index contributed by atoms with van der Waals surface area (Å²) in [5.74, 6) is 1.18. The summed E-state index contributed by atoms with van der Waals surface area (Å²) in [6, 6.07) is 0. The maximum absolute atomic E-state index is 5.53. The van der Waals surface area contributed by atoms with Crippen molar-refractivity contribution >= 4 is 23.0 Å². The minimum atomic E-state index is 0.208. The Morgan fingerprint density at radius 1 is 1.35 bits per heavy atom. The van der Waals surface area contributed by atoms with Crippen molar-refractivity contribution in [3.8, 4) is 0 Å². The smallest absolute Gasteiger partial charge is 0.213 e. The molecule has 0 unspecified atom stereocenters. The van der Waals surface area contributed by atoms with Gasteiger partial charge in [0.1, 0.15) is 10.7 Å². The molecule has 0 aromatic carbocycles. The van der Waals surface area contributed by atoms with Crippen molar-refractivity contribution < 1.29 is 4.52 Å². The van der Waals surface area contributed by atoms with Crippen LogP contribution in [0.1, 0.15) is 11.5 Å². The summed E-state index contributed by atoms with van der Waals surface area (Å²) in [5, 5.41) is 6.76. The third-order valence-corrected chi connectivity index (χ3v) is 2.17. The van der Waals surface area contributed by atoms with Crippen LogP contribution in [-0.4, -0.2) is 31.6 Å². The van der Waals surface area contributed by atoms with E-state index in [1.165, 1.54) is 6.39 Å². The van der Waals surface area contributed by atoms with E-state index in [1.54, 1.807) is 12.4 Å². The monoisotopic (exact) mass is 250 g/mol. The van der Waals surface area contributed by atoms with Crippen molar-refractivity contribution in [1.82, 2.24) is 20.1 Å². The van der Waals surface area contributed by atoms with Gasteiger partial charge in [0, 0.05) is 25.4 Å². The SMILES string of the molecule is NC(=S)c1nccnc1NCCc1ncon1. The summed E-state index contributed by atoms with van der Waals surface area (Å²) in [5.41, 5.74) is 6.01. The van der Waals surface area contributed by atoms with Gasteiger partial charge in [-0.1, -0.05) is 17.4 Å². The van der Waals surface area contributed by atoms with E-state index in [1.807, 2.05) is 0 Å². The number of anilines is 1. The summed E-state index contributed by atoms with van der Waals surface area (Å²) in [4.78, 5) is 12.3. The van der Waals surface area contributed by atoms with Crippen molar-refractivity contribution in [3.63, 3.8) is 0 Å². The Morgan fingerprint density at radius 3 is 2.88 bits per heavy atom. The van der Waals surface area contributed by atoms with E-state index in [0.717, 1.165) is 0 Å². The molecule has 2 aromatic heterocycles. The Bertz CT molecular complexity index is 500. The molecule has 7 nitrogen and oxygen atoms in total. The maximum Gasteiger partial charge on any atom is 0.213 e. The largest absolute Gasteiger partial charge is 0.388 e. The number of nitrogens with one attached hydrogen (secondary N) is 1. The molecule has 0 radical (unpaired) electrons. The fourth-order valence-electron chi connectivity index (χ4n) is 1.24. The molecule has 0 saturated carbocycles. The highest BCUT2D eigenvalue weighted by Gasteiger charge is 2.07. The second-order valence-corrected chi connectivity index (χ2v) is 3.58. The highest BCUT2D eigenvalue weighted by Crippen LogP contribution is 2.07. The summed E-state index contributed by atoms with van der Waals surface area (Å²) in [6.45, 7) is 0.591. The van der Waals surface area contributed by atoms with E-state index in [-0.39, 0.29) is 4.99 Å². The van der Waals surface area contributed by atoms with Crippen LogP contribution in [0, 0.1) is 0 Å². The van der Waals surface area contributed by atoms with Gasteiger partial charge in [-0.15, -0.1) is 0 Å². The average Bonchev–Trinajstić information content (AvgIpc) is 2.82. The highest BCUT2D eigenvalue weighted by molar-refractivity contribution is 7.80. The lowest BCUT2D eigenvalue weighted by Gasteiger charge is -2.07. The van der Waals surface area contributed by atoms with Gasteiger partial charge >= 0.3 is 0 Å². The fourth-order valence-corrected chi connectivity index (χ4v) is 1.39. The second kappa shape index (κ2) is 5.30. The fraction of sp³-hybridized carbons (Fsp3) is 0.222. The Kier molecular flexibility index (Phi) is 3.55. The number of nitrogens with two attached hydrogens (primary N) is 1. The van der Waals surface area contributed by atoms with Crippen molar-refractivity contribution in [2.45, 2.75) is 6.42 Å². The Labute approximate surface area is 102 Å². The lowest BCUT2D eigenvalue weighted by molar-refractivity contribution is 0.410. The van der Waals surface area contributed by atoms with E-state index < -0.39 is 0 Å². The molecule has 0 aliphatic rings. The molecule has 2 aromatic rings. The summed E-state index contributed by atoms with van der Waals surface area (Å²) in [7, 11) is 0. The molecular weight excluding hydrogens is 240 g/mol. The first-order valence-corrected chi connectivity index (χ1v) is 5.28. The number of hydrogen-bond acceptors (Lipinski definition) is 7. The second-order valence-electron chi connectivity index (χ2n) is 3.14. The molecule has 0 spiro atoms. The van der Waals surface area contributed by atoms with E-state index >= 15 is 0 Å². The van der Waals surface area contributed by atoms with Crippen molar-refractivity contribution in [2.75, 3.05) is 11.9 Å². The van der Waals surface area contributed by atoms with Crippen LogP contribution in [0.5, 0.6) is 0 Å².